The molecule has 0 saturated heterocycles. The van der Waals surface area contributed by atoms with Crippen LogP contribution in [0.3, 0.4) is 0 Å². The van der Waals surface area contributed by atoms with Gasteiger partial charge in [-0.05, 0) is 55.7 Å². The van der Waals surface area contributed by atoms with Gasteiger partial charge in [-0.15, -0.1) is 0 Å². The van der Waals surface area contributed by atoms with Gasteiger partial charge in [0.15, 0.2) is 0 Å². The van der Waals surface area contributed by atoms with Crippen molar-refractivity contribution in [2.75, 3.05) is 19.7 Å². The highest BCUT2D eigenvalue weighted by Gasteiger charge is 2.05. The molecule has 0 aliphatic heterocycles. The summed E-state index contributed by atoms with van der Waals surface area (Å²) in [4.78, 5) is 23.7. The van der Waals surface area contributed by atoms with Crippen LogP contribution in [0.5, 0.6) is 5.75 Å². The highest BCUT2D eigenvalue weighted by atomic mass is 16.5. The molecule has 0 bridgehead atoms. The van der Waals surface area contributed by atoms with Crippen molar-refractivity contribution in [2.45, 2.75) is 26.7 Å². The number of amides is 2. The molecule has 0 spiro atoms. The molecule has 0 aliphatic rings. The van der Waals surface area contributed by atoms with Crippen molar-refractivity contribution in [2.24, 2.45) is 0 Å². The number of hydrogen-bond donors (Lipinski definition) is 2. The number of carbonyl (C=O) groups excluding carboxylic acids is 2. The summed E-state index contributed by atoms with van der Waals surface area (Å²) in [6.07, 6.45) is 0.973. The maximum Gasteiger partial charge on any atom is 0.251 e. The molecule has 0 fully saturated rings. The molecule has 0 aromatic heterocycles. The predicted molar refractivity (Wildman–Crippen MR) is 102 cm³/mol. The number of carbonyl (C=O) groups is 2. The zero-order valence-electron chi connectivity index (χ0n) is 15.4. The quantitative estimate of drug-likeness (QED) is 0.680. The van der Waals surface area contributed by atoms with Crippen LogP contribution in [0.15, 0.2) is 48.5 Å². The summed E-state index contributed by atoms with van der Waals surface area (Å²) in [6.45, 7) is 5.41. The molecule has 5 nitrogen and oxygen atoms in total. The van der Waals surface area contributed by atoms with Crippen molar-refractivity contribution in [3.63, 3.8) is 0 Å². The third-order valence-electron chi connectivity index (χ3n) is 3.79. The van der Waals surface area contributed by atoms with Crippen LogP contribution in [0.1, 0.15) is 34.3 Å². The third-order valence-corrected chi connectivity index (χ3v) is 3.79. The summed E-state index contributed by atoms with van der Waals surface area (Å²) >= 11 is 0. The second-order valence-electron chi connectivity index (χ2n) is 6.25. The van der Waals surface area contributed by atoms with Crippen LogP contribution in [0.4, 0.5) is 0 Å². The van der Waals surface area contributed by atoms with E-state index in [1.54, 1.807) is 12.1 Å². The van der Waals surface area contributed by atoms with Crippen molar-refractivity contribution in [3.8, 4) is 5.75 Å². The molecule has 2 aromatic rings. The molecule has 5 heteroatoms. The molecule has 0 radical (unpaired) electrons. The first kappa shape index (κ1) is 19.5. The van der Waals surface area contributed by atoms with E-state index in [0.29, 0.717) is 38.1 Å². The summed E-state index contributed by atoms with van der Waals surface area (Å²) in [5, 5.41) is 5.64. The first-order valence-corrected chi connectivity index (χ1v) is 8.85. The van der Waals surface area contributed by atoms with E-state index in [9.17, 15) is 9.59 Å². The van der Waals surface area contributed by atoms with Crippen LogP contribution in [-0.4, -0.2) is 31.5 Å². The van der Waals surface area contributed by atoms with Gasteiger partial charge in [-0.2, -0.15) is 0 Å². The van der Waals surface area contributed by atoms with Crippen LogP contribution in [-0.2, 0) is 4.79 Å². The minimum atomic E-state index is -0.118. The van der Waals surface area contributed by atoms with Gasteiger partial charge >= 0.3 is 0 Å². The Balaban J connectivity index is 1.55. The lowest BCUT2D eigenvalue weighted by Crippen LogP contribution is -2.29. The number of benzene rings is 2. The Morgan fingerprint density at radius 1 is 0.923 bits per heavy atom. The molecule has 2 aromatic carbocycles. The molecule has 0 unspecified atom stereocenters. The fourth-order valence-electron chi connectivity index (χ4n) is 2.61. The van der Waals surface area contributed by atoms with Crippen LogP contribution in [0, 0.1) is 13.8 Å². The lowest BCUT2D eigenvalue weighted by Gasteiger charge is -2.09. The molecule has 0 heterocycles. The Bertz CT molecular complexity index is 709. The molecular formula is C21H26N2O3. The van der Waals surface area contributed by atoms with E-state index < -0.39 is 0 Å². The number of rotatable bonds is 9. The Morgan fingerprint density at radius 2 is 1.62 bits per heavy atom. The van der Waals surface area contributed by atoms with Gasteiger partial charge in [0.05, 0.1) is 6.54 Å². The SMILES string of the molecule is Cc1cc(C)cc(OCCNC(=O)CCCNC(=O)c2ccccc2)c1. The van der Waals surface area contributed by atoms with Crippen molar-refractivity contribution in [1.29, 1.82) is 0 Å². The van der Waals surface area contributed by atoms with E-state index in [0.717, 1.165) is 16.9 Å². The van der Waals surface area contributed by atoms with Gasteiger partial charge in [0.1, 0.15) is 12.4 Å². The van der Waals surface area contributed by atoms with E-state index in [1.807, 2.05) is 44.2 Å². The maximum atomic E-state index is 11.9. The molecule has 2 amide bonds. The summed E-state index contributed by atoms with van der Waals surface area (Å²) in [6, 6.07) is 15.1. The van der Waals surface area contributed by atoms with E-state index in [4.69, 9.17) is 4.74 Å². The largest absolute Gasteiger partial charge is 0.492 e. The molecule has 0 saturated carbocycles. The molecule has 0 aliphatic carbocycles. The molecule has 138 valence electrons. The zero-order valence-corrected chi connectivity index (χ0v) is 15.4. The summed E-state index contributed by atoms with van der Waals surface area (Å²) in [5.41, 5.74) is 2.93. The summed E-state index contributed by atoms with van der Waals surface area (Å²) < 4.78 is 5.65. The zero-order chi connectivity index (χ0) is 18.8. The van der Waals surface area contributed by atoms with Gasteiger partial charge in [0.25, 0.3) is 5.91 Å². The standard InChI is InChI=1S/C21H26N2O3/c1-16-13-17(2)15-19(14-16)26-12-11-22-20(24)9-6-10-23-21(25)18-7-4-3-5-8-18/h3-5,7-8,13-15H,6,9-12H2,1-2H3,(H,22,24)(H,23,25). The van der Waals surface area contributed by atoms with Crippen molar-refractivity contribution >= 4 is 11.8 Å². The summed E-state index contributed by atoms with van der Waals surface area (Å²) in [5.74, 6) is 0.663. The second-order valence-corrected chi connectivity index (χ2v) is 6.25. The first-order valence-electron chi connectivity index (χ1n) is 8.85. The van der Waals surface area contributed by atoms with Crippen molar-refractivity contribution in [1.82, 2.24) is 10.6 Å². The minimum absolute atomic E-state index is 0.0389. The van der Waals surface area contributed by atoms with E-state index in [2.05, 4.69) is 16.7 Å². The van der Waals surface area contributed by atoms with Crippen LogP contribution in [0.2, 0.25) is 0 Å². The molecule has 0 atom stereocenters. The fourth-order valence-corrected chi connectivity index (χ4v) is 2.61. The van der Waals surface area contributed by atoms with Crippen molar-refractivity contribution < 1.29 is 14.3 Å². The maximum absolute atomic E-state index is 11.9. The normalized spacial score (nSPS) is 10.2. The summed E-state index contributed by atoms with van der Waals surface area (Å²) in [7, 11) is 0. The van der Waals surface area contributed by atoms with Crippen LogP contribution in [0.25, 0.3) is 0 Å². The van der Waals surface area contributed by atoms with E-state index >= 15 is 0 Å². The molecule has 2 N–H and O–H groups in total. The monoisotopic (exact) mass is 354 g/mol. The number of nitrogens with one attached hydrogen (secondary N) is 2. The van der Waals surface area contributed by atoms with Gasteiger partial charge in [0.2, 0.25) is 5.91 Å². The van der Waals surface area contributed by atoms with E-state index in [-0.39, 0.29) is 11.8 Å². The van der Waals surface area contributed by atoms with Gasteiger partial charge in [-0.1, -0.05) is 24.3 Å². The van der Waals surface area contributed by atoms with Gasteiger partial charge in [-0.25, -0.2) is 0 Å². The number of ether oxygens (including phenoxy) is 1. The minimum Gasteiger partial charge on any atom is -0.492 e. The third kappa shape index (κ3) is 6.97. The van der Waals surface area contributed by atoms with Crippen molar-refractivity contribution in [3.05, 3.63) is 65.2 Å². The topological polar surface area (TPSA) is 67.4 Å². The highest BCUT2D eigenvalue weighted by Crippen LogP contribution is 2.15. The predicted octanol–water partition coefficient (Wildman–Crippen LogP) is 3.01. The second kappa shape index (κ2) is 10.2. The molecule has 2 rings (SSSR count). The highest BCUT2D eigenvalue weighted by molar-refractivity contribution is 5.94. The van der Waals surface area contributed by atoms with Crippen LogP contribution < -0.4 is 15.4 Å². The average Bonchev–Trinajstić information content (AvgIpc) is 2.62. The van der Waals surface area contributed by atoms with Gasteiger partial charge < -0.3 is 15.4 Å². The van der Waals surface area contributed by atoms with Gasteiger partial charge in [-0.3, -0.25) is 9.59 Å². The Hall–Kier alpha value is -2.82. The lowest BCUT2D eigenvalue weighted by molar-refractivity contribution is -0.121. The average molecular weight is 354 g/mol. The smallest absolute Gasteiger partial charge is 0.251 e. The number of hydrogen-bond acceptors (Lipinski definition) is 3. The Morgan fingerprint density at radius 3 is 2.31 bits per heavy atom. The van der Waals surface area contributed by atoms with E-state index in [1.165, 1.54) is 0 Å². The van der Waals surface area contributed by atoms with Crippen LogP contribution >= 0.6 is 0 Å². The molecule has 26 heavy (non-hydrogen) atoms. The fraction of sp³-hybridized carbons (Fsp3) is 0.333. The number of aryl methyl sites for hydroxylation is 2. The Kier molecular flexibility index (Phi) is 7.68. The van der Waals surface area contributed by atoms with Gasteiger partial charge in [0, 0.05) is 18.5 Å². The molecular weight excluding hydrogens is 328 g/mol. The lowest BCUT2D eigenvalue weighted by atomic mass is 10.1. The Labute approximate surface area is 154 Å². The first-order chi connectivity index (χ1) is 12.5.